The quantitative estimate of drug-likeness (QED) is 0.839. The van der Waals surface area contributed by atoms with E-state index >= 15 is 0 Å². The van der Waals surface area contributed by atoms with E-state index in [-0.39, 0.29) is 5.91 Å². The monoisotopic (exact) mass is 334 g/mol. The first kappa shape index (κ1) is 17.7. The first-order valence-electron chi connectivity index (χ1n) is 8.30. The van der Waals surface area contributed by atoms with Gasteiger partial charge in [0.05, 0.1) is 11.4 Å². The number of aryl methyl sites for hydroxylation is 2. The molecule has 0 saturated carbocycles. The van der Waals surface area contributed by atoms with Crippen LogP contribution in [0.1, 0.15) is 65.4 Å². The van der Waals surface area contributed by atoms with Crippen molar-refractivity contribution in [3.63, 3.8) is 0 Å². The Labute approximate surface area is 142 Å². The first-order chi connectivity index (χ1) is 11.0. The molecule has 0 bridgehead atoms. The highest BCUT2D eigenvalue weighted by atomic mass is 32.1. The number of unbranched alkanes of at least 4 members (excludes halogenated alkanes) is 1. The van der Waals surface area contributed by atoms with Gasteiger partial charge in [0.25, 0.3) is 5.91 Å². The highest BCUT2D eigenvalue weighted by Gasteiger charge is 2.19. The van der Waals surface area contributed by atoms with E-state index in [0.717, 1.165) is 41.5 Å². The summed E-state index contributed by atoms with van der Waals surface area (Å²) in [4.78, 5) is 17.4. The molecule has 0 aliphatic carbocycles. The maximum Gasteiger partial charge on any atom is 0.263 e. The van der Waals surface area contributed by atoms with Gasteiger partial charge in [0.2, 0.25) is 5.13 Å². The van der Waals surface area contributed by atoms with Gasteiger partial charge in [-0.25, -0.2) is 9.67 Å². The van der Waals surface area contributed by atoms with Gasteiger partial charge in [0, 0.05) is 12.2 Å². The molecule has 6 heteroatoms. The molecule has 5 nitrogen and oxygen atoms in total. The van der Waals surface area contributed by atoms with Crippen LogP contribution in [0.3, 0.4) is 0 Å². The highest BCUT2D eigenvalue weighted by molar-refractivity contribution is 7.16. The number of aromatic nitrogens is 3. The number of rotatable bonds is 7. The number of carbonyl (C=O) groups excluding carboxylic acids is 1. The van der Waals surface area contributed by atoms with Crippen molar-refractivity contribution >= 4 is 17.2 Å². The van der Waals surface area contributed by atoms with Crippen LogP contribution in [0.4, 0.5) is 0 Å². The summed E-state index contributed by atoms with van der Waals surface area (Å²) in [5.74, 6) is -0.0409. The number of hydrogen-bond acceptors (Lipinski definition) is 4. The van der Waals surface area contributed by atoms with Crippen molar-refractivity contribution in [2.45, 2.75) is 60.3 Å². The fraction of sp³-hybridized carbons (Fsp3) is 0.588. The average Bonchev–Trinajstić information content (AvgIpc) is 3.03. The van der Waals surface area contributed by atoms with Crippen molar-refractivity contribution in [1.82, 2.24) is 20.1 Å². The molecular weight excluding hydrogens is 308 g/mol. The van der Waals surface area contributed by atoms with Gasteiger partial charge in [0.1, 0.15) is 4.88 Å². The second kappa shape index (κ2) is 7.73. The lowest BCUT2D eigenvalue weighted by Gasteiger charge is -2.02. The van der Waals surface area contributed by atoms with Crippen molar-refractivity contribution in [2.24, 2.45) is 0 Å². The largest absolute Gasteiger partial charge is 0.351 e. The zero-order chi connectivity index (χ0) is 17.0. The molecular formula is C17H26N4OS. The summed E-state index contributed by atoms with van der Waals surface area (Å²) in [5.41, 5.74) is 4.25. The number of amides is 1. The van der Waals surface area contributed by atoms with Crippen molar-refractivity contribution in [2.75, 3.05) is 6.54 Å². The van der Waals surface area contributed by atoms with Crippen LogP contribution in [0.15, 0.2) is 0 Å². The van der Waals surface area contributed by atoms with Gasteiger partial charge in [-0.2, -0.15) is 5.10 Å². The Balaban J connectivity index is 2.31. The molecule has 0 aromatic carbocycles. The van der Waals surface area contributed by atoms with Crippen LogP contribution < -0.4 is 5.32 Å². The number of hydrogen-bond donors (Lipinski definition) is 1. The third-order valence-corrected chi connectivity index (χ3v) is 5.06. The number of nitrogens with one attached hydrogen (secondary N) is 1. The molecule has 0 unspecified atom stereocenters. The van der Waals surface area contributed by atoms with E-state index in [4.69, 9.17) is 0 Å². The Kier molecular flexibility index (Phi) is 5.93. The average molecular weight is 334 g/mol. The minimum Gasteiger partial charge on any atom is -0.351 e. The molecule has 0 aliphatic heterocycles. The van der Waals surface area contributed by atoms with E-state index in [9.17, 15) is 4.79 Å². The zero-order valence-electron chi connectivity index (χ0n) is 14.7. The molecule has 23 heavy (non-hydrogen) atoms. The molecule has 2 rings (SSSR count). The van der Waals surface area contributed by atoms with Gasteiger partial charge in [-0.15, -0.1) is 0 Å². The van der Waals surface area contributed by atoms with Crippen LogP contribution in [0.2, 0.25) is 0 Å². The number of carbonyl (C=O) groups is 1. The van der Waals surface area contributed by atoms with Gasteiger partial charge in [-0.1, -0.05) is 31.6 Å². The summed E-state index contributed by atoms with van der Waals surface area (Å²) in [6, 6.07) is 0. The van der Waals surface area contributed by atoms with Crippen molar-refractivity contribution in [1.29, 1.82) is 0 Å². The molecule has 0 radical (unpaired) electrons. The molecule has 0 fully saturated rings. The minimum atomic E-state index is -0.0409. The lowest BCUT2D eigenvalue weighted by Crippen LogP contribution is -2.23. The molecule has 0 spiro atoms. The second-order valence-electron chi connectivity index (χ2n) is 5.83. The summed E-state index contributed by atoms with van der Waals surface area (Å²) in [7, 11) is 0. The summed E-state index contributed by atoms with van der Waals surface area (Å²) in [6.45, 7) is 10.9. The van der Waals surface area contributed by atoms with E-state index in [1.54, 1.807) is 0 Å². The van der Waals surface area contributed by atoms with Crippen LogP contribution in [-0.2, 0) is 6.42 Å². The van der Waals surface area contributed by atoms with E-state index in [1.165, 1.54) is 23.3 Å². The van der Waals surface area contributed by atoms with E-state index in [2.05, 4.69) is 29.2 Å². The molecule has 0 saturated heterocycles. The van der Waals surface area contributed by atoms with Crippen molar-refractivity contribution < 1.29 is 4.79 Å². The van der Waals surface area contributed by atoms with Gasteiger partial charge < -0.3 is 5.32 Å². The predicted molar refractivity (Wildman–Crippen MR) is 94.7 cm³/mol. The van der Waals surface area contributed by atoms with Gasteiger partial charge >= 0.3 is 0 Å². The zero-order valence-corrected chi connectivity index (χ0v) is 15.5. The number of thiazole rings is 1. The standard InChI is InChI=1S/C17H26N4OS/c1-6-8-9-14-11(3)20-21(13(14)5)17-19-12(4)15(23-17)16(22)18-10-7-2/h6-10H2,1-5H3,(H,18,22). The van der Waals surface area contributed by atoms with E-state index < -0.39 is 0 Å². The summed E-state index contributed by atoms with van der Waals surface area (Å²) >= 11 is 1.41. The Bertz CT molecular complexity index is 687. The maximum absolute atomic E-state index is 12.2. The van der Waals surface area contributed by atoms with Gasteiger partial charge in [0.15, 0.2) is 0 Å². The summed E-state index contributed by atoms with van der Waals surface area (Å²) in [6.07, 6.45) is 4.30. The van der Waals surface area contributed by atoms with Crippen molar-refractivity contribution in [3.8, 4) is 5.13 Å². The van der Waals surface area contributed by atoms with Crippen LogP contribution in [-0.4, -0.2) is 27.2 Å². The van der Waals surface area contributed by atoms with Crippen LogP contribution >= 0.6 is 11.3 Å². The minimum absolute atomic E-state index is 0.0409. The Hall–Kier alpha value is -1.69. The van der Waals surface area contributed by atoms with Crippen LogP contribution in [0.25, 0.3) is 5.13 Å². The summed E-state index contributed by atoms with van der Waals surface area (Å²) < 4.78 is 1.88. The van der Waals surface area contributed by atoms with Crippen LogP contribution in [0.5, 0.6) is 0 Å². The molecule has 2 heterocycles. The van der Waals surface area contributed by atoms with E-state index in [0.29, 0.717) is 11.4 Å². The lowest BCUT2D eigenvalue weighted by atomic mass is 10.1. The third-order valence-electron chi connectivity index (χ3n) is 3.93. The Morgan fingerprint density at radius 1 is 1.17 bits per heavy atom. The van der Waals surface area contributed by atoms with Crippen molar-refractivity contribution in [3.05, 3.63) is 27.5 Å². The Morgan fingerprint density at radius 3 is 2.57 bits per heavy atom. The normalized spacial score (nSPS) is 11.0. The predicted octanol–water partition coefficient (Wildman–Crippen LogP) is 3.74. The second-order valence-corrected chi connectivity index (χ2v) is 6.81. The smallest absolute Gasteiger partial charge is 0.263 e. The Morgan fingerprint density at radius 2 is 1.91 bits per heavy atom. The SMILES string of the molecule is CCCCc1c(C)nn(-c2nc(C)c(C(=O)NCCC)s2)c1C. The first-order valence-corrected chi connectivity index (χ1v) is 9.12. The fourth-order valence-electron chi connectivity index (χ4n) is 2.58. The molecule has 1 amide bonds. The topological polar surface area (TPSA) is 59.8 Å². The van der Waals surface area contributed by atoms with Gasteiger partial charge in [-0.05, 0) is 45.6 Å². The molecule has 126 valence electrons. The number of nitrogens with zero attached hydrogens (tertiary/aromatic N) is 3. The molecule has 2 aromatic rings. The third kappa shape index (κ3) is 3.80. The molecule has 1 N–H and O–H groups in total. The van der Waals surface area contributed by atoms with Crippen LogP contribution in [0, 0.1) is 20.8 Å². The molecule has 2 aromatic heterocycles. The van der Waals surface area contributed by atoms with Gasteiger partial charge in [-0.3, -0.25) is 4.79 Å². The maximum atomic E-state index is 12.2. The van der Waals surface area contributed by atoms with E-state index in [1.807, 2.05) is 25.5 Å². The molecule has 0 atom stereocenters. The fourth-order valence-corrected chi connectivity index (χ4v) is 3.57. The molecule has 0 aliphatic rings. The lowest BCUT2D eigenvalue weighted by molar-refractivity contribution is 0.0957. The highest BCUT2D eigenvalue weighted by Crippen LogP contribution is 2.25. The summed E-state index contributed by atoms with van der Waals surface area (Å²) in [5, 5.41) is 8.33.